The molecule has 5 heteroatoms. The first kappa shape index (κ1) is 14.5. The molecular weight excluding hydrogens is 313 g/mol. The molecule has 104 valence electrons. The standard InChI is InChI=1S/C14H17BrFNO2/c1-9(14(19)17-5-4-11(18)8-17)6-10-2-3-13(16)12(15)7-10/h2-3,7,9,11,18H,4-6,8H2,1H3/t9?,11-/m1/s1. The molecule has 0 radical (unpaired) electrons. The smallest absolute Gasteiger partial charge is 0.225 e. The van der Waals surface area contributed by atoms with Gasteiger partial charge in [0, 0.05) is 19.0 Å². The summed E-state index contributed by atoms with van der Waals surface area (Å²) in [4.78, 5) is 13.9. The minimum Gasteiger partial charge on any atom is -0.391 e. The Bertz CT molecular complexity index is 481. The van der Waals surface area contributed by atoms with E-state index >= 15 is 0 Å². The lowest BCUT2D eigenvalue weighted by atomic mass is 10.00. The molecule has 2 atom stereocenters. The Hall–Kier alpha value is -0.940. The summed E-state index contributed by atoms with van der Waals surface area (Å²) < 4.78 is 13.6. The van der Waals surface area contributed by atoms with Crippen LogP contribution in [0.5, 0.6) is 0 Å². The molecule has 3 nitrogen and oxygen atoms in total. The van der Waals surface area contributed by atoms with Crippen molar-refractivity contribution >= 4 is 21.8 Å². The van der Waals surface area contributed by atoms with E-state index in [1.54, 1.807) is 17.0 Å². The number of β-amino-alcohol motifs (C(OH)–C–C–N with tert-alkyl or cyclic N) is 1. The molecule has 1 fully saturated rings. The van der Waals surface area contributed by atoms with Crippen LogP contribution in [-0.4, -0.2) is 35.1 Å². The predicted octanol–water partition coefficient (Wildman–Crippen LogP) is 2.36. The summed E-state index contributed by atoms with van der Waals surface area (Å²) in [7, 11) is 0. The highest BCUT2D eigenvalue weighted by molar-refractivity contribution is 9.10. The molecule has 0 bridgehead atoms. The van der Waals surface area contributed by atoms with Crippen LogP contribution in [0.3, 0.4) is 0 Å². The highest BCUT2D eigenvalue weighted by Crippen LogP contribution is 2.20. The summed E-state index contributed by atoms with van der Waals surface area (Å²) in [6, 6.07) is 4.80. The van der Waals surface area contributed by atoms with Crippen molar-refractivity contribution in [2.24, 2.45) is 5.92 Å². The molecule has 1 aliphatic rings. The first-order valence-electron chi connectivity index (χ1n) is 6.38. The predicted molar refractivity (Wildman–Crippen MR) is 74.2 cm³/mol. The van der Waals surface area contributed by atoms with Gasteiger partial charge in [0.15, 0.2) is 0 Å². The molecule has 1 aliphatic heterocycles. The lowest BCUT2D eigenvalue weighted by Gasteiger charge is -2.20. The topological polar surface area (TPSA) is 40.5 Å². The average Bonchev–Trinajstić information content (AvgIpc) is 2.79. The third-order valence-electron chi connectivity index (χ3n) is 3.42. The van der Waals surface area contributed by atoms with E-state index in [0.29, 0.717) is 30.4 Å². The Morgan fingerprint density at radius 3 is 2.95 bits per heavy atom. The third-order valence-corrected chi connectivity index (χ3v) is 4.03. The lowest BCUT2D eigenvalue weighted by molar-refractivity contribution is -0.134. The fourth-order valence-corrected chi connectivity index (χ4v) is 2.79. The van der Waals surface area contributed by atoms with Crippen molar-refractivity contribution in [2.45, 2.75) is 25.9 Å². The number of amides is 1. The van der Waals surface area contributed by atoms with Crippen LogP contribution in [0.15, 0.2) is 22.7 Å². The van der Waals surface area contributed by atoms with E-state index in [1.807, 2.05) is 6.92 Å². The van der Waals surface area contributed by atoms with Crippen molar-refractivity contribution in [1.29, 1.82) is 0 Å². The Labute approximate surface area is 120 Å². The first-order chi connectivity index (χ1) is 8.97. The summed E-state index contributed by atoms with van der Waals surface area (Å²) in [6.45, 7) is 2.91. The van der Waals surface area contributed by atoms with E-state index in [1.165, 1.54) is 6.07 Å². The van der Waals surface area contributed by atoms with Crippen LogP contribution in [0.4, 0.5) is 4.39 Å². The van der Waals surface area contributed by atoms with Crippen LogP contribution < -0.4 is 0 Å². The van der Waals surface area contributed by atoms with Gasteiger partial charge in [0.1, 0.15) is 5.82 Å². The van der Waals surface area contributed by atoms with E-state index in [9.17, 15) is 14.3 Å². The van der Waals surface area contributed by atoms with Gasteiger partial charge in [-0.3, -0.25) is 4.79 Å². The van der Waals surface area contributed by atoms with Crippen molar-refractivity contribution in [2.75, 3.05) is 13.1 Å². The second-order valence-corrected chi connectivity index (χ2v) is 5.93. The van der Waals surface area contributed by atoms with Crippen molar-refractivity contribution < 1.29 is 14.3 Å². The molecule has 1 aromatic carbocycles. The van der Waals surface area contributed by atoms with Gasteiger partial charge in [-0.1, -0.05) is 13.0 Å². The molecular formula is C14H17BrFNO2. The van der Waals surface area contributed by atoms with Gasteiger partial charge in [-0.25, -0.2) is 4.39 Å². The van der Waals surface area contributed by atoms with Crippen LogP contribution in [0.25, 0.3) is 0 Å². The molecule has 19 heavy (non-hydrogen) atoms. The van der Waals surface area contributed by atoms with E-state index in [4.69, 9.17) is 0 Å². The molecule has 0 spiro atoms. The van der Waals surface area contributed by atoms with E-state index in [-0.39, 0.29) is 17.6 Å². The monoisotopic (exact) mass is 329 g/mol. The number of carbonyl (C=O) groups excluding carboxylic acids is 1. The summed E-state index contributed by atoms with van der Waals surface area (Å²) in [5.41, 5.74) is 0.925. The average molecular weight is 330 g/mol. The highest BCUT2D eigenvalue weighted by Gasteiger charge is 2.27. The number of carbonyl (C=O) groups is 1. The minimum atomic E-state index is -0.392. The number of aliphatic hydroxyl groups is 1. The van der Waals surface area contributed by atoms with Gasteiger partial charge < -0.3 is 10.0 Å². The summed E-state index contributed by atoms with van der Waals surface area (Å²) in [5, 5.41) is 9.45. The number of rotatable bonds is 3. The number of halogens is 2. The molecule has 1 heterocycles. The van der Waals surface area contributed by atoms with Gasteiger partial charge in [0.2, 0.25) is 5.91 Å². The van der Waals surface area contributed by atoms with E-state index < -0.39 is 6.10 Å². The highest BCUT2D eigenvalue weighted by atomic mass is 79.9. The number of hydrogen-bond acceptors (Lipinski definition) is 2. The molecule has 1 unspecified atom stereocenters. The zero-order chi connectivity index (χ0) is 14.0. The molecule has 1 saturated heterocycles. The molecule has 2 rings (SSSR count). The normalized spacial score (nSPS) is 20.6. The summed E-state index contributed by atoms with van der Waals surface area (Å²) in [6.07, 6.45) is 0.835. The third kappa shape index (κ3) is 3.54. The van der Waals surface area contributed by atoms with Crippen LogP contribution in [0.1, 0.15) is 18.9 Å². The maximum atomic E-state index is 13.1. The Morgan fingerprint density at radius 2 is 2.37 bits per heavy atom. The number of aliphatic hydroxyl groups excluding tert-OH is 1. The van der Waals surface area contributed by atoms with Crippen LogP contribution >= 0.6 is 15.9 Å². The molecule has 1 amide bonds. The second kappa shape index (κ2) is 6.01. The number of hydrogen-bond donors (Lipinski definition) is 1. The Morgan fingerprint density at radius 1 is 1.63 bits per heavy atom. The summed E-state index contributed by atoms with van der Waals surface area (Å²) >= 11 is 3.14. The number of benzene rings is 1. The van der Waals surface area contributed by atoms with Gasteiger partial charge in [-0.05, 0) is 46.5 Å². The maximum Gasteiger partial charge on any atom is 0.225 e. The van der Waals surface area contributed by atoms with Crippen molar-refractivity contribution in [3.8, 4) is 0 Å². The molecule has 0 aliphatic carbocycles. The summed E-state index contributed by atoms with van der Waals surface area (Å²) in [5.74, 6) is -0.412. The van der Waals surface area contributed by atoms with Gasteiger partial charge >= 0.3 is 0 Å². The lowest BCUT2D eigenvalue weighted by Crippen LogP contribution is -2.34. The zero-order valence-electron chi connectivity index (χ0n) is 10.8. The molecule has 1 N–H and O–H groups in total. The van der Waals surface area contributed by atoms with E-state index in [2.05, 4.69) is 15.9 Å². The SMILES string of the molecule is CC(Cc1ccc(F)c(Br)c1)C(=O)N1CC[C@@H](O)C1. The number of nitrogens with zero attached hydrogens (tertiary/aromatic N) is 1. The van der Waals surface area contributed by atoms with Gasteiger partial charge in [0.25, 0.3) is 0 Å². The number of likely N-dealkylation sites (tertiary alicyclic amines) is 1. The second-order valence-electron chi connectivity index (χ2n) is 5.08. The minimum absolute atomic E-state index is 0.0528. The fraction of sp³-hybridized carbons (Fsp3) is 0.500. The van der Waals surface area contributed by atoms with Gasteiger partial charge in [-0.2, -0.15) is 0 Å². The van der Waals surface area contributed by atoms with E-state index in [0.717, 1.165) is 5.56 Å². The van der Waals surface area contributed by atoms with Crippen LogP contribution in [0.2, 0.25) is 0 Å². The molecule has 0 saturated carbocycles. The van der Waals surface area contributed by atoms with Crippen molar-refractivity contribution in [3.63, 3.8) is 0 Å². The van der Waals surface area contributed by atoms with Crippen molar-refractivity contribution in [1.82, 2.24) is 4.90 Å². The van der Waals surface area contributed by atoms with Crippen molar-refractivity contribution in [3.05, 3.63) is 34.1 Å². The fourth-order valence-electron chi connectivity index (χ4n) is 2.36. The maximum absolute atomic E-state index is 13.1. The molecule has 0 aromatic heterocycles. The molecule has 1 aromatic rings. The van der Waals surface area contributed by atoms with Crippen LogP contribution in [0, 0.1) is 11.7 Å². The quantitative estimate of drug-likeness (QED) is 0.924. The zero-order valence-corrected chi connectivity index (χ0v) is 12.4. The van der Waals surface area contributed by atoms with Gasteiger partial charge in [-0.15, -0.1) is 0 Å². The Balaban J connectivity index is 1.98. The largest absolute Gasteiger partial charge is 0.391 e. The van der Waals surface area contributed by atoms with Crippen LogP contribution in [-0.2, 0) is 11.2 Å². The van der Waals surface area contributed by atoms with Gasteiger partial charge in [0.05, 0.1) is 10.6 Å². The first-order valence-corrected chi connectivity index (χ1v) is 7.17. The Kier molecular flexibility index (Phi) is 4.58.